The standard InChI is InChI=1S/C15H21NOS/c1-10-14(16)7-8-15(10)18(17)13-6-5-11-3-2-4-12(11)9-13/h5-6,9-10,14-15H,2-4,7-8,16H2,1H3. The number of hydrogen-bond donors (Lipinski definition) is 1. The number of fused-ring (bicyclic) bond motifs is 1. The molecule has 0 radical (unpaired) electrons. The van der Waals surface area contributed by atoms with Crippen molar-refractivity contribution in [1.29, 1.82) is 0 Å². The summed E-state index contributed by atoms with van der Waals surface area (Å²) >= 11 is 0. The molecular weight excluding hydrogens is 242 g/mol. The Morgan fingerprint density at radius 3 is 2.72 bits per heavy atom. The molecule has 0 spiro atoms. The maximum atomic E-state index is 12.7. The third-order valence-electron chi connectivity index (χ3n) is 4.62. The molecule has 2 aliphatic carbocycles. The van der Waals surface area contributed by atoms with Gasteiger partial charge in [-0.05, 0) is 61.3 Å². The van der Waals surface area contributed by atoms with Crippen LogP contribution in [0.1, 0.15) is 37.3 Å². The molecule has 2 nitrogen and oxygen atoms in total. The van der Waals surface area contributed by atoms with E-state index in [4.69, 9.17) is 5.73 Å². The molecule has 4 atom stereocenters. The van der Waals surface area contributed by atoms with Crippen molar-refractivity contribution in [3.8, 4) is 0 Å². The lowest BCUT2D eigenvalue weighted by molar-refractivity contribution is 0.526. The first kappa shape index (κ1) is 12.4. The van der Waals surface area contributed by atoms with Gasteiger partial charge in [-0.15, -0.1) is 0 Å². The summed E-state index contributed by atoms with van der Waals surface area (Å²) in [7, 11) is -0.882. The van der Waals surface area contributed by atoms with Gasteiger partial charge in [-0.3, -0.25) is 4.21 Å². The molecule has 1 saturated carbocycles. The zero-order valence-electron chi connectivity index (χ0n) is 10.9. The average Bonchev–Trinajstić information content (AvgIpc) is 2.96. The first-order valence-corrected chi connectivity index (χ1v) is 8.16. The molecule has 3 heteroatoms. The first-order valence-electron chi connectivity index (χ1n) is 6.95. The number of aryl methyl sites for hydroxylation is 2. The Labute approximate surface area is 111 Å². The first-order chi connectivity index (χ1) is 8.66. The van der Waals surface area contributed by atoms with Gasteiger partial charge in [0.15, 0.2) is 0 Å². The summed E-state index contributed by atoms with van der Waals surface area (Å²) in [6.07, 6.45) is 5.61. The van der Waals surface area contributed by atoms with Crippen LogP contribution in [0.25, 0.3) is 0 Å². The Kier molecular flexibility index (Phi) is 3.29. The maximum Gasteiger partial charge on any atom is 0.0564 e. The van der Waals surface area contributed by atoms with Gasteiger partial charge in [-0.25, -0.2) is 0 Å². The maximum absolute atomic E-state index is 12.7. The van der Waals surface area contributed by atoms with Gasteiger partial charge >= 0.3 is 0 Å². The molecule has 0 bridgehead atoms. The molecule has 0 heterocycles. The molecule has 18 heavy (non-hydrogen) atoms. The Morgan fingerprint density at radius 2 is 2.00 bits per heavy atom. The Balaban J connectivity index is 1.84. The fourth-order valence-electron chi connectivity index (χ4n) is 3.31. The Hall–Kier alpha value is -0.670. The van der Waals surface area contributed by atoms with Crippen molar-refractivity contribution in [2.75, 3.05) is 0 Å². The van der Waals surface area contributed by atoms with Gasteiger partial charge in [-0.1, -0.05) is 13.0 Å². The quantitative estimate of drug-likeness (QED) is 0.890. The van der Waals surface area contributed by atoms with Gasteiger partial charge in [0, 0.05) is 16.2 Å². The zero-order valence-corrected chi connectivity index (χ0v) is 11.7. The molecule has 0 amide bonds. The highest BCUT2D eigenvalue weighted by molar-refractivity contribution is 7.85. The van der Waals surface area contributed by atoms with E-state index in [0.29, 0.717) is 5.92 Å². The lowest BCUT2D eigenvalue weighted by Crippen LogP contribution is -2.29. The smallest absolute Gasteiger partial charge is 0.0564 e. The monoisotopic (exact) mass is 263 g/mol. The Bertz CT molecular complexity index is 485. The van der Waals surface area contributed by atoms with Crippen LogP contribution in [0.2, 0.25) is 0 Å². The van der Waals surface area contributed by atoms with Gasteiger partial charge < -0.3 is 5.73 Å². The molecule has 98 valence electrons. The molecule has 3 rings (SSSR count). The highest BCUT2D eigenvalue weighted by Gasteiger charge is 2.35. The van der Waals surface area contributed by atoms with E-state index < -0.39 is 10.8 Å². The minimum Gasteiger partial charge on any atom is -0.327 e. The normalized spacial score (nSPS) is 32.4. The van der Waals surface area contributed by atoms with Crippen molar-refractivity contribution >= 4 is 10.8 Å². The van der Waals surface area contributed by atoms with Crippen LogP contribution in [0.3, 0.4) is 0 Å². The van der Waals surface area contributed by atoms with E-state index >= 15 is 0 Å². The minimum absolute atomic E-state index is 0.230. The third kappa shape index (κ3) is 2.04. The summed E-state index contributed by atoms with van der Waals surface area (Å²) < 4.78 is 12.7. The topological polar surface area (TPSA) is 43.1 Å². The highest BCUT2D eigenvalue weighted by atomic mass is 32.2. The SMILES string of the molecule is CC1C(N)CCC1S(=O)c1ccc2c(c1)CCC2. The summed E-state index contributed by atoms with van der Waals surface area (Å²) in [5.74, 6) is 0.374. The molecule has 0 aliphatic heterocycles. The molecule has 1 aromatic rings. The second kappa shape index (κ2) is 4.78. The van der Waals surface area contributed by atoms with Gasteiger partial charge in [-0.2, -0.15) is 0 Å². The summed E-state index contributed by atoms with van der Waals surface area (Å²) in [5.41, 5.74) is 8.90. The predicted molar refractivity (Wildman–Crippen MR) is 75.0 cm³/mol. The van der Waals surface area contributed by atoms with Crippen LogP contribution < -0.4 is 5.73 Å². The van der Waals surface area contributed by atoms with E-state index in [9.17, 15) is 4.21 Å². The number of nitrogens with two attached hydrogens (primary N) is 1. The van der Waals surface area contributed by atoms with Gasteiger partial charge in [0.2, 0.25) is 0 Å². The largest absolute Gasteiger partial charge is 0.327 e. The van der Waals surface area contributed by atoms with Crippen molar-refractivity contribution in [3.05, 3.63) is 29.3 Å². The summed E-state index contributed by atoms with van der Waals surface area (Å²) in [6, 6.07) is 6.65. The molecule has 0 aromatic heterocycles. The van der Waals surface area contributed by atoms with Crippen LogP contribution in [0, 0.1) is 5.92 Å². The van der Waals surface area contributed by atoms with Gasteiger partial charge in [0.1, 0.15) is 0 Å². The van der Waals surface area contributed by atoms with Crippen LogP contribution in [0.4, 0.5) is 0 Å². The molecule has 1 fully saturated rings. The fraction of sp³-hybridized carbons (Fsp3) is 0.600. The fourth-order valence-corrected chi connectivity index (χ4v) is 5.06. The van der Waals surface area contributed by atoms with Crippen molar-refractivity contribution in [2.45, 2.75) is 55.2 Å². The van der Waals surface area contributed by atoms with Gasteiger partial charge in [0.25, 0.3) is 0 Å². The lowest BCUT2D eigenvalue weighted by atomic mass is 10.1. The molecule has 4 unspecified atom stereocenters. The Morgan fingerprint density at radius 1 is 1.22 bits per heavy atom. The predicted octanol–water partition coefficient (Wildman–Crippen LogP) is 2.41. The van der Waals surface area contributed by atoms with Crippen molar-refractivity contribution in [1.82, 2.24) is 0 Å². The van der Waals surface area contributed by atoms with Crippen molar-refractivity contribution < 1.29 is 4.21 Å². The van der Waals surface area contributed by atoms with E-state index in [1.165, 1.54) is 24.0 Å². The van der Waals surface area contributed by atoms with Crippen molar-refractivity contribution in [2.24, 2.45) is 11.7 Å². The third-order valence-corrected chi connectivity index (χ3v) is 6.56. The van der Waals surface area contributed by atoms with Crippen LogP contribution in [0.15, 0.2) is 23.1 Å². The van der Waals surface area contributed by atoms with E-state index in [1.54, 1.807) is 0 Å². The second-order valence-electron chi connectivity index (χ2n) is 5.72. The van der Waals surface area contributed by atoms with E-state index in [2.05, 4.69) is 25.1 Å². The van der Waals surface area contributed by atoms with Crippen LogP contribution >= 0.6 is 0 Å². The zero-order chi connectivity index (χ0) is 12.7. The molecule has 1 aromatic carbocycles. The highest BCUT2D eigenvalue weighted by Crippen LogP contribution is 2.33. The molecule has 2 aliphatic rings. The lowest BCUT2D eigenvalue weighted by Gasteiger charge is -2.18. The van der Waals surface area contributed by atoms with Crippen molar-refractivity contribution in [3.63, 3.8) is 0 Å². The molecule has 2 N–H and O–H groups in total. The number of benzene rings is 1. The summed E-state index contributed by atoms with van der Waals surface area (Å²) in [6.45, 7) is 2.15. The van der Waals surface area contributed by atoms with E-state index in [0.717, 1.165) is 24.2 Å². The number of hydrogen-bond acceptors (Lipinski definition) is 2. The second-order valence-corrected chi connectivity index (χ2v) is 7.39. The van der Waals surface area contributed by atoms with E-state index in [1.807, 2.05) is 0 Å². The summed E-state index contributed by atoms with van der Waals surface area (Å²) in [5, 5.41) is 0.249. The van der Waals surface area contributed by atoms with Crippen LogP contribution in [-0.2, 0) is 23.6 Å². The van der Waals surface area contributed by atoms with Crippen LogP contribution in [0.5, 0.6) is 0 Å². The average molecular weight is 263 g/mol. The van der Waals surface area contributed by atoms with E-state index in [-0.39, 0.29) is 11.3 Å². The number of rotatable bonds is 2. The molecular formula is C15H21NOS. The van der Waals surface area contributed by atoms with Gasteiger partial charge in [0.05, 0.1) is 10.8 Å². The van der Waals surface area contributed by atoms with Crippen LogP contribution in [-0.4, -0.2) is 15.5 Å². The summed E-state index contributed by atoms with van der Waals surface area (Å²) in [4.78, 5) is 1.02. The molecule has 0 saturated heterocycles. The minimum atomic E-state index is -0.882.